The summed E-state index contributed by atoms with van der Waals surface area (Å²) in [5, 5.41) is 18.6. The molecule has 1 fully saturated rings. The second-order valence-electron chi connectivity index (χ2n) is 8.80. The molecule has 0 atom stereocenters. The number of amides is 1. The van der Waals surface area contributed by atoms with Crippen LogP contribution in [0.2, 0.25) is 0 Å². The number of para-hydroxylation sites is 2. The van der Waals surface area contributed by atoms with Crippen molar-refractivity contribution in [3.63, 3.8) is 0 Å². The molecule has 1 saturated heterocycles. The Kier molecular flexibility index (Phi) is 6.15. The van der Waals surface area contributed by atoms with E-state index in [1.54, 1.807) is 13.0 Å². The van der Waals surface area contributed by atoms with Gasteiger partial charge in [0.05, 0.1) is 4.92 Å². The summed E-state index contributed by atoms with van der Waals surface area (Å²) < 4.78 is 17.8. The average molecular weight is 492 g/mol. The van der Waals surface area contributed by atoms with E-state index in [2.05, 4.69) is 10.4 Å². The highest BCUT2D eigenvalue weighted by molar-refractivity contribution is 5.92. The Morgan fingerprint density at radius 3 is 2.67 bits per heavy atom. The number of rotatable bonds is 6. The molecular formula is C25H24N4O7. The van der Waals surface area contributed by atoms with Crippen molar-refractivity contribution in [2.75, 3.05) is 26.6 Å². The Balaban J connectivity index is 1.44. The molecule has 36 heavy (non-hydrogen) atoms. The van der Waals surface area contributed by atoms with E-state index in [0.717, 1.165) is 5.56 Å². The summed E-state index contributed by atoms with van der Waals surface area (Å²) in [6, 6.07) is 13.0. The van der Waals surface area contributed by atoms with Crippen molar-refractivity contribution in [1.29, 1.82) is 0 Å². The van der Waals surface area contributed by atoms with Crippen LogP contribution in [0.15, 0.2) is 53.3 Å². The van der Waals surface area contributed by atoms with Gasteiger partial charge in [0.25, 0.3) is 11.6 Å². The van der Waals surface area contributed by atoms with Crippen molar-refractivity contribution in [3.8, 4) is 17.2 Å². The van der Waals surface area contributed by atoms with Crippen LogP contribution in [0.3, 0.4) is 0 Å². The smallest absolute Gasteiger partial charge is 0.294 e. The number of carbonyl (C=O) groups excluding carboxylic acids is 1. The predicted molar refractivity (Wildman–Crippen MR) is 128 cm³/mol. The molecule has 5 rings (SSSR count). The van der Waals surface area contributed by atoms with Gasteiger partial charge in [-0.2, -0.15) is 5.10 Å². The number of nitro benzene ring substituents is 1. The molecule has 1 N–H and O–H groups in total. The minimum Gasteiger partial charge on any atom is -0.454 e. The molecule has 0 radical (unpaired) electrons. The standard InChI is InChI=1S/C25H24N4O7/c1-16-12-20(30)23(27-28(16)18-4-2-3-5-19(18)29(32)33)24(31)26-14-25(8-10-34-11-9-25)17-6-7-21-22(13-17)36-15-35-21/h2-7,12-13H,8-11,14-15H2,1H3,(H,26,31). The molecule has 0 aliphatic carbocycles. The van der Waals surface area contributed by atoms with Crippen LogP contribution in [0.25, 0.3) is 5.69 Å². The number of nitrogens with one attached hydrogen (secondary N) is 1. The van der Waals surface area contributed by atoms with Gasteiger partial charge in [0.15, 0.2) is 17.2 Å². The monoisotopic (exact) mass is 492 g/mol. The molecule has 3 heterocycles. The van der Waals surface area contributed by atoms with Crippen LogP contribution in [0.4, 0.5) is 5.69 Å². The minimum atomic E-state index is -0.654. The van der Waals surface area contributed by atoms with Crippen LogP contribution < -0.4 is 20.2 Å². The second-order valence-corrected chi connectivity index (χ2v) is 8.80. The Hall–Kier alpha value is -4.25. The molecule has 0 saturated carbocycles. The van der Waals surface area contributed by atoms with Crippen LogP contribution in [-0.2, 0) is 10.2 Å². The Morgan fingerprint density at radius 2 is 1.89 bits per heavy atom. The molecule has 0 unspecified atom stereocenters. The first-order valence-corrected chi connectivity index (χ1v) is 11.5. The Morgan fingerprint density at radius 1 is 1.14 bits per heavy atom. The second kappa shape index (κ2) is 9.42. The summed E-state index contributed by atoms with van der Waals surface area (Å²) in [6.45, 7) is 3.06. The van der Waals surface area contributed by atoms with E-state index in [1.807, 2.05) is 18.2 Å². The number of ether oxygens (including phenoxy) is 3. The molecule has 11 heteroatoms. The van der Waals surface area contributed by atoms with Gasteiger partial charge in [-0.1, -0.05) is 18.2 Å². The van der Waals surface area contributed by atoms with E-state index in [0.29, 0.717) is 43.2 Å². The SMILES string of the molecule is Cc1cc(=O)c(C(=O)NCC2(c3ccc4c(c3)OCO4)CCOCC2)nn1-c1ccccc1[N+](=O)[O-]. The van der Waals surface area contributed by atoms with Crippen LogP contribution >= 0.6 is 0 Å². The maximum atomic E-state index is 13.2. The van der Waals surface area contributed by atoms with Crippen molar-refractivity contribution < 1.29 is 23.9 Å². The van der Waals surface area contributed by atoms with Crippen LogP contribution in [-0.4, -0.2) is 47.2 Å². The zero-order valence-corrected chi connectivity index (χ0v) is 19.6. The summed E-state index contributed by atoms with van der Waals surface area (Å²) in [4.78, 5) is 36.9. The van der Waals surface area contributed by atoms with E-state index in [9.17, 15) is 19.7 Å². The number of hydrogen-bond donors (Lipinski definition) is 1. The van der Waals surface area contributed by atoms with E-state index in [1.165, 1.54) is 28.9 Å². The van der Waals surface area contributed by atoms with Gasteiger partial charge >= 0.3 is 0 Å². The van der Waals surface area contributed by atoms with Gasteiger partial charge in [0.1, 0.15) is 5.69 Å². The summed E-state index contributed by atoms with van der Waals surface area (Å²) in [5.74, 6) is 0.667. The number of aryl methyl sites for hydroxylation is 1. The summed E-state index contributed by atoms with van der Waals surface area (Å²) in [7, 11) is 0. The zero-order chi connectivity index (χ0) is 25.3. The zero-order valence-electron chi connectivity index (χ0n) is 19.6. The van der Waals surface area contributed by atoms with Gasteiger partial charge in [-0.25, -0.2) is 4.68 Å². The number of carbonyl (C=O) groups is 1. The molecule has 3 aromatic rings. The highest BCUT2D eigenvalue weighted by atomic mass is 16.7. The quantitative estimate of drug-likeness (QED) is 0.410. The third-order valence-corrected chi connectivity index (χ3v) is 6.65. The Bertz CT molecular complexity index is 1400. The largest absolute Gasteiger partial charge is 0.454 e. The molecule has 2 aromatic carbocycles. The summed E-state index contributed by atoms with van der Waals surface area (Å²) >= 11 is 0. The Labute approximate surface area is 205 Å². The van der Waals surface area contributed by atoms with Crippen LogP contribution in [0.1, 0.15) is 34.6 Å². The van der Waals surface area contributed by atoms with Crippen molar-refractivity contribution >= 4 is 11.6 Å². The average Bonchev–Trinajstić information content (AvgIpc) is 3.36. The van der Waals surface area contributed by atoms with Crippen LogP contribution in [0.5, 0.6) is 11.5 Å². The van der Waals surface area contributed by atoms with E-state index < -0.39 is 21.7 Å². The highest BCUT2D eigenvalue weighted by Crippen LogP contribution is 2.40. The molecule has 2 aliphatic heterocycles. The van der Waals surface area contributed by atoms with Crippen molar-refractivity contribution in [3.05, 3.63) is 85.8 Å². The normalized spacial score (nSPS) is 15.9. The van der Waals surface area contributed by atoms with Gasteiger partial charge in [0, 0.05) is 43.0 Å². The molecule has 0 bridgehead atoms. The molecular weight excluding hydrogens is 468 g/mol. The molecule has 11 nitrogen and oxygen atoms in total. The highest BCUT2D eigenvalue weighted by Gasteiger charge is 2.36. The van der Waals surface area contributed by atoms with E-state index in [4.69, 9.17) is 14.2 Å². The lowest BCUT2D eigenvalue weighted by atomic mass is 9.74. The number of hydrogen-bond acceptors (Lipinski definition) is 8. The lowest BCUT2D eigenvalue weighted by Crippen LogP contribution is -2.45. The van der Waals surface area contributed by atoms with E-state index >= 15 is 0 Å². The minimum absolute atomic E-state index is 0.162. The maximum absolute atomic E-state index is 13.2. The first-order valence-electron chi connectivity index (χ1n) is 11.5. The fraction of sp³-hybridized carbons (Fsp3) is 0.320. The molecule has 186 valence electrons. The summed E-state index contributed by atoms with van der Waals surface area (Å²) in [6.07, 6.45) is 1.32. The van der Waals surface area contributed by atoms with Gasteiger partial charge in [0.2, 0.25) is 12.2 Å². The first-order chi connectivity index (χ1) is 17.4. The molecule has 2 aliphatic rings. The van der Waals surface area contributed by atoms with Gasteiger partial charge in [-0.3, -0.25) is 19.7 Å². The fourth-order valence-electron chi connectivity index (χ4n) is 4.64. The van der Waals surface area contributed by atoms with E-state index in [-0.39, 0.29) is 30.4 Å². The number of fused-ring (bicyclic) bond motifs is 1. The topological polar surface area (TPSA) is 135 Å². The third kappa shape index (κ3) is 4.29. The molecule has 1 aromatic heterocycles. The van der Waals surface area contributed by atoms with Gasteiger partial charge in [-0.15, -0.1) is 0 Å². The number of aromatic nitrogens is 2. The van der Waals surface area contributed by atoms with Crippen molar-refractivity contribution in [2.45, 2.75) is 25.2 Å². The lowest BCUT2D eigenvalue weighted by Gasteiger charge is -2.38. The maximum Gasteiger partial charge on any atom is 0.294 e. The third-order valence-electron chi connectivity index (χ3n) is 6.65. The number of nitrogens with zero attached hydrogens (tertiary/aromatic N) is 3. The lowest BCUT2D eigenvalue weighted by molar-refractivity contribution is -0.384. The fourth-order valence-corrected chi connectivity index (χ4v) is 4.64. The van der Waals surface area contributed by atoms with Gasteiger partial charge < -0.3 is 19.5 Å². The molecule has 1 amide bonds. The van der Waals surface area contributed by atoms with Crippen molar-refractivity contribution in [1.82, 2.24) is 15.1 Å². The number of nitro groups is 1. The van der Waals surface area contributed by atoms with Crippen LogP contribution in [0, 0.1) is 17.0 Å². The summed E-state index contributed by atoms with van der Waals surface area (Å²) in [5.41, 5.74) is -0.0220. The van der Waals surface area contributed by atoms with Crippen molar-refractivity contribution in [2.24, 2.45) is 0 Å². The first kappa shape index (κ1) is 23.5. The number of benzene rings is 2. The van der Waals surface area contributed by atoms with Gasteiger partial charge in [-0.05, 0) is 43.5 Å². The predicted octanol–water partition coefficient (Wildman–Crippen LogP) is 2.66. The molecule has 0 spiro atoms.